The molecule has 8 nitrogen and oxygen atoms in total. The Hall–Kier alpha value is -4.11. The molecule has 0 bridgehead atoms. The van der Waals surface area contributed by atoms with E-state index in [-0.39, 0.29) is 11.4 Å². The van der Waals surface area contributed by atoms with Crippen LogP contribution in [0.5, 0.6) is 11.5 Å². The van der Waals surface area contributed by atoms with Gasteiger partial charge in [0.2, 0.25) is 5.91 Å². The highest BCUT2D eigenvalue weighted by molar-refractivity contribution is 8.18. The van der Waals surface area contributed by atoms with Gasteiger partial charge in [0, 0.05) is 18.1 Å². The number of ether oxygens (including phenoxy) is 2. The van der Waals surface area contributed by atoms with Crippen LogP contribution in [0, 0.1) is 0 Å². The minimum absolute atomic E-state index is 0.229. The summed E-state index contributed by atoms with van der Waals surface area (Å²) in [6.07, 6.45) is 5.88. The zero-order valence-corrected chi connectivity index (χ0v) is 20.7. The molecule has 0 unspecified atom stereocenters. The summed E-state index contributed by atoms with van der Waals surface area (Å²) in [6.45, 7) is 2.04. The number of aromatic nitrogens is 1. The average molecular weight is 504 g/mol. The molecule has 1 aliphatic rings. The summed E-state index contributed by atoms with van der Waals surface area (Å²) in [6, 6.07) is 16.4. The number of carbonyl (C=O) groups excluding carboxylic acids is 3. The molecule has 1 saturated heterocycles. The molecule has 1 fully saturated rings. The standard InChI is InChI=1S/C27H25N3O5S/c1-3-18-4-7-21(8-5-18)29-25(31)16-30-26(32)24(36-27(30)33)15-20-6-9-22(23(14-20)34-2)35-17-19-10-12-28-13-11-19/h4-15H,3,16-17H2,1-2H3,(H,29,31)/b24-15+. The number of carbonyl (C=O) groups is 3. The molecule has 2 aromatic carbocycles. The number of aryl methyl sites for hydroxylation is 1. The molecule has 0 saturated carbocycles. The summed E-state index contributed by atoms with van der Waals surface area (Å²) in [7, 11) is 1.53. The number of imide groups is 1. The van der Waals surface area contributed by atoms with Gasteiger partial charge in [-0.15, -0.1) is 0 Å². The number of thioether (sulfide) groups is 1. The van der Waals surface area contributed by atoms with E-state index in [1.165, 1.54) is 7.11 Å². The van der Waals surface area contributed by atoms with Crippen molar-refractivity contribution < 1.29 is 23.9 Å². The van der Waals surface area contributed by atoms with E-state index in [4.69, 9.17) is 9.47 Å². The first-order valence-electron chi connectivity index (χ1n) is 11.3. The SMILES string of the molecule is CCc1ccc(NC(=O)CN2C(=O)S/C(=C/c3ccc(OCc4ccncc4)c(OC)c3)C2=O)cc1. The third-order valence-corrected chi connectivity index (χ3v) is 6.36. The molecular formula is C27H25N3O5S. The molecular weight excluding hydrogens is 478 g/mol. The van der Waals surface area contributed by atoms with Crippen LogP contribution in [0.2, 0.25) is 0 Å². The fourth-order valence-electron chi connectivity index (χ4n) is 3.49. The predicted molar refractivity (Wildman–Crippen MR) is 139 cm³/mol. The summed E-state index contributed by atoms with van der Waals surface area (Å²) in [5.74, 6) is 0.0762. The Kier molecular flexibility index (Phi) is 8.02. The van der Waals surface area contributed by atoms with Gasteiger partial charge in [-0.1, -0.05) is 25.1 Å². The summed E-state index contributed by atoms with van der Waals surface area (Å²) in [4.78, 5) is 42.9. The van der Waals surface area contributed by atoms with Crippen LogP contribution >= 0.6 is 11.8 Å². The number of nitrogens with one attached hydrogen (secondary N) is 1. The minimum atomic E-state index is -0.515. The van der Waals surface area contributed by atoms with Crippen LogP contribution in [-0.2, 0) is 22.6 Å². The molecule has 1 aliphatic heterocycles. The zero-order valence-electron chi connectivity index (χ0n) is 19.9. The van der Waals surface area contributed by atoms with Gasteiger partial charge < -0.3 is 14.8 Å². The first kappa shape index (κ1) is 25.0. The Morgan fingerprint density at radius 2 is 1.78 bits per heavy atom. The lowest BCUT2D eigenvalue weighted by Gasteiger charge is -2.13. The van der Waals surface area contributed by atoms with Crippen LogP contribution in [0.25, 0.3) is 6.08 Å². The van der Waals surface area contributed by atoms with E-state index in [1.807, 2.05) is 31.2 Å². The average Bonchev–Trinajstić information content (AvgIpc) is 3.16. The molecule has 36 heavy (non-hydrogen) atoms. The van der Waals surface area contributed by atoms with Gasteiger partial charge in [-0.3, -0.25) is 24.3 Å². The molecule has 4 rings (SSSR count). The van der Waals surface area contributed by atoms with Gasteiger partial charge >= 0.3 is 0 Å². The van der Waals surface area contributed by atoms with Crippen molar-refractivity contribution in [2.75, 3.05) is 19.0 Å². The third-order valence-electron chi connectivity index (χ3n) is 5.45. The largest absolute Gasteiger partial charge is 0.493 e. The van der Waals surface area contributed by atoms with Gasteiger partial charge in [0.1, 0.15) is 13.2 Å². The van der Waals surface area contributed by atoms with Gasteiger partial charge in [0.25, 0.3) is 11.1 Å². The molecule has 0 spiro atoms. The fraction of sp³-hybridized carbons (Fsp3) is 0.185. The van der Waals surface area contributed by atoms with E-state index in [9.17, 15) is 14.4 Å². The summed E-state index contributed by atoms with van der Waals surface area (Å²) >= 11 is 0.796. The maximum absolute atomic E-state index is 12.8. The highest BCUT2D eigenvalue weighted by Gasteiger charge is 2.36. The molecule has 0 atom stereocenters. The van der Waals surface area contributed by atoms with Crippen molar-refractivity contribution in [2.24, 2.45) is 0 Å². The van der Waals surface area contributed by atoms with E-state index in [2.05, 4.69) is 10.3 Å². The fourth-order valence-corrected chi connectivity index (χ4v) is 4.33. The molecule has 184 valence electrons. The molecule has 3 aromatic rings. The number of anilines is 1. The number of rotatable bonds is 9. The second-order valence-corrected chi connectivity index (χ2v) is 8.91. The van der Waals surface area contributed by atoms with Crippen molar-refractivity contribution >= 4 is 40.6 Å². The smallest absolute Gasteiger partial charge is 0.294 e. The van der Waals surface area contributed by atoms with E-state index in [0.717, 1.165) is 34.2 Å². The van der Waals surface area contributed by atoms with E-state index < -0.39 is 17.1 Å². The summed E-state index contributed by atoms with van der Waals surface area (Å²) in [5.41, 5.74) is 3.38. The first-order chi connectivity index (χ1) is 17.5. The van der Waals surface area contributed by atoms with Crippen molar-refractivity contribution in [1.29, 1.82) is 0 Å². The molecule has 1 N–H and O–H groups in total. The third kappa shape index (κ3) is 6.11. The highest BCUT2D eigenvalue weighted by Crippen LogP contribution is 2.34. The predicted octanol–water partition coefficient (Wildman–Crippen LogP) is 4.91. The number of methoxy groups -OCH3 is 1. The number of amides is 3. The van der Waals surface area contributed by atoms with E-state index >= 15 is 0 Å². The molecule has 2 heterocycles. The Bertz CT molecular complexity index is 1290. The molecule has 0 aliphatic carbocycles. The van der Waals surface area contributed by atoms with Gasteiger partial charge in [0.15, 0.2) is 11.5 Å². The molecule has 0 radical (unpaired) electrons. The van der Waals surface area contributed by atoms with Gasteiger partial charge in [0.05, 0.1) is 12.0 Å². The molecule has 3 amide bonds. The quantitative estimate of drug-likeness (QED) is 0.415. The van der Waals surface area contributed by atoms with Crippen LogP contribution in [0.3, 0.4) is 0 Å². The Labute approximate surface area is 213 Å². The van der Waals surface area contributed by atoms with Crippen molar-refractivity contribution in [3.8, 4) is 11.5 Å². The van der Waals surface area contributed by atoms with Crippen molar-refractivity contribution in [3.63, 3.8) is 0 Å². The molecule has 9 heteroatoms. The number of hydrogen-bond acceptors (Lipinski definition) is 7. The van der Waals surface area contributed by atoms with Crippen LogP contribution < -0.4 is 14.8 Å². The topological polar surface area (TPSA) is 97.8 Å². The van der Waals surface area contributed by atoms with Gasteiger partial charge in [-0.05, 0) is 77.3 Å². The lowest BCUT2D eigenvalue weighted by atomic mass is 10.1. The second kappa shape index (κ2) is 11.5. The lowest BCUT2D eigenvalue weighted by molar-refractivity contribution is -0.127. The number of pyridine rings is 1. The van der Waals surface area contributed by atoms with Crippen molar-refractivity contribution in [1.82, 2.24) is 9.88 Å². The maximum Gasteiger partial charge on any atom is 0.294 e. The van der Waals surface area contributed by atoms with Crippen molar-refractivity contribution in [2.45, 2.75) is 20.0 Å². The maximum atomic E-state index is 12.8. The van der Waals surface area contributed by atoms with E-state index in [0.29, 0.717) is 29.4 Å². The minimum Gasteiger partial charge on any atom is -0.493 e. The van der Waals surface area contributed by atoms with Crippen LogP contribution in [-0.4, -0.2) is 40.6 Å². The Morgan fingerprint density at radius 1 is 1.03 bits per heavy atom. The first-order valence-corrected chi connectivity index (χ1v) is 12.1. The van der Waals surface area contributed by atoms with E-state index in [1.54, 1.807) is 48.8 Å². The Balaban J connectivity index is 1.41. The summed E-state index contributed by atoms with van der Waals surface area (Å²) in [5, 5.41) is 2.23. The Morgan fingerprint density at radius 3 is 2.47 bits per heavy atom. The number of hydrogen-bond donors (Lipinski definition) is 1. The van der Waals surface area contributed by atoms with Crippen molar-refractivity contribution in [3.05, 3.63) is 88.6 Å². The normalized spacial score (nSPS) is 14.3. The monoisotopic (exact) mass is 503 g/mol. The molecule has 1 aromatic heterocycles. The lowest BCUT2D eigenvalue weighted by Crippen LogP contribution is -2.36. The van der Waals surface area contributed by atoms with Gasteiger partial charge in [-0.25, -0.2) is 0 Å². The second-order valence-electron chi connectivity index (χ2n) is 7.92. The summed E-state index contributed by atoms with van der Waals surface area (Å²) < 4.78 is 11.3. The van der Waals surface area contributed by atoms with Gasteiger partial charge in [-0.2, -0.15) is 0 Å². The van der Waals surface area contributed by atoms with Crippen LogP contribution in [0.4, 0.5) is 10.5 Å². The number of benzene rings is 2. The number of nitrogens with zero attached hydrogens (tertiary/aromatic N) is 2. The van der Waals surface area contributed by atoms with Crippen LogP contribution in [0.1, 0.15) is 23.6 Å². The highest BCUT2D eigenvalue weighted by atomic mass is 32.2. The van der Waals surface area contributed by atoms with Crippen LogP contribution in [0.15, 0.2) is 71.9 Å². The zero-order chi connectivity index (χ0) is 25.5.